The number of fused-ring (bicyclic) bond motifs is 3. The van der Waals surface area contributed by atoms with Crippen molar-refractivity contribution in [3.05, 3.63) is 53.1 Å². The summed E-state index contributed by atoms with van der Waals surface area (Å²) in [5, 5.41) is 3.28. The number of carbonyl (C=O) groups is 3. The van der Waals surface area contributed by atoms with E-state index in [4.69, 9.17) is 16.3 Å². The number of ether oxygens (including phenoxy) is 1. The third-order valence-corrected chi connectivity index (χ3v) is 6.48. The molecule has 8 heteroatoms. The van der Waals surface area contributed by atoms with Crippen molar-refractivity contribution in [1.29, 1.82) is 0 Å². The quantitative estimate of drug-likeness (QED) is 0.768. The number of nitrogens with one attached hydrogen (secondary N) is 1. The molecular formula is C20H17ClN2O4S. The first-order chi connectivity index (χ1) is 13.4. The molecule has 1 atom stereocenters. The SMILES string of the molecule is Cc1cc(Cl)ccc1NC(=O)COC(=O)[C@@]12CCC(=O)N1c1ccccc1S2. The lowest BCUT2D eigenvalue weighted by Gasteiger charge is -2.28. The van der Waals surface area contributed by atoms with Crippen LogP contribution in [-0.2, 0) is 19.1 Å². The van der Waals surface area contributed by atoms with Crippen molar-refractivity contribution >= 4 is 52.5 Å². The third kappa shape index (κ3) is 3.14. The van der Waals surface area contributed by atoms with Crippen LogP contribution in [0.5, 0.6) is 0 Å². The van der Waals surface area contributed by atoms with Crippen molar-refractivity contribution in [2.75, 3.05) is 16.8 Å². The number of nitrogens with zero attached hydrogens (tertiary/aromatic N) is 1. The number of esters is 1. The van der Waals surface area contributed by atoms with E-state index in [-0.39, 0.29) is 12.3 Å². The lowest BCUT2D eigenvalue weighted by atomic mass is 10.2. The summed E-state index contributed by atoms with van der Waals surface area (Å²) in [5.41, 5.74) is 2.12. The predicted octanol–water partition coefficient (Wildman–Crippen LogP) is 3.76. The maximum absolute atomic E-state index is 12.9. The number of carbonyl (C=O) groups excluding carboxylic acids is 3. The van der Waals surface area contributed by atoms with E-state index in [1.165, 1.54) is 16.7 Å². The van der Waals surface area contributed by atoms with Gasteiger partial charge in [-0.05, 0) is 42.8 Å². The summed E-state index contributed by atoms with van der Waals surface area (Å²) in [7, 11) is 0. The van der Waals surface area contributed by atoms with Gasteiger partial charge in [0, 0.05) is 28.4 Å². The maximum atomic E-state index is 12.9. The van der Waals surface area contributed by atoms with E-state index >= 15 is 0 Å². The first kappa shape index (κ1) is 18.8. The Labute approximate surface area is 171 Å². The predicted molar refractivity (Wildman–Crippen MR) is 108 cm³/mol. The molecule has 0 unspecified atom stereocenters. The van der Waals surface area contributed by atoms with Crippen molar-refractivity contribution in [2.24, 2.45) is 0 Å². The van der Waals surface area contributed by atoms with Gasteiger partial charge in [0.05, 0.1) is 5.69 Å². The van der Waals surface area contributed by atoms with Crippen molar-refractivity contribution < 1.29 is 19.1 Å². The normalized spacial score (nSPS) is 19.9. The van der Waals surface area contributed by atoms with Gasteiger partial charge in [-0.1, -0.05) is 35.5 Å². The summed E-state index contributed by atoms with van der Waals surface area (Å²) < 4.78 is 5.32. The highest BCUT2D eigenvalue weighted by molar-refractivity contribution is 8.02. The minimum atomic E-state index is -1.13. The molecule has 1 fully saturated rings. The molecular weight excluding hydrogens is 400 g/mol. The largest absolute Gasteiger partial charge is 0.453 e. The van der Waals surface area contributed by atoms with E-state index in [0.29, 0.717) is 22.8 Å². The molecule has 1 saturated heterocycles. The Bertz CT molecular complexity index is 996. The Kier molecular flexibility index (Phi) is 4.81. The van der Waals surface area contributed by atoms with Crippen molar-refractivity contribution in [3.63, 3.8) is 0 Å². The number of amides is 2. The molecule has 0 radical (unpaired) electrons. The first-order valence-corrected chi connectivity index (χ1v) is 9.94. The van der Waals surface area contributed by atoms with Crippen LogP contribution in [0, 0.1) is 6.92 Å². The number of aryl methyl sites for hydroxylation is 1. The average Bonchev–Trinajstić information content (AvgIpc) is 3.18. The highest BCUT2D eigenvalue weighted by Crippen LogP contribution is 2.56. The number of halogens is 1. The van der Waals surface area contributed by atoms with Gasteiger partial charge in [0.15, 0.2) is 11.5 Å². The number of para-hydroxylation sites is 1. The van der Waals surface area contributed by atoms with Gasteiger partial charge in [-0.3, -0.25) is 14.5 Å². The fraction of sp³-hybridized carbons (Fsp3) is 0.250. The molecule has 0 aromatic heterocycles. The monoisotopic (exact) mass is 416 g/mol. The van der Waals surface area contributed by atoms with Gasteiger partial charge < -0.3 is 10.1 Å². The van der Waals surface area contributed by atoms with E-state index < -0.39 is 23.4 Å². The van der Waals surface area contributed by atoms with Gasteiger partial charge in [-0.15, -0.1) is 0 Å². The number of thioether (sulfide) groups is 1. The topological polar surface area (TPSA) is 75.7 Å². The molecule has 1 N–H and O–H groups in total. The summed E-state index contributed by atoms with van der Waals surface area (Å²) in [6.45, 7) is 1.39. The second kappa shape index (κ2) is 7.14. The zero-order valence-electron chi connectivity index (χ0n) is 15.0. The molecule has 144 valence electrons. The summed E-state index contributed by atoms with van der Waals surface area (Å²) in [4.78, 5) is 38.8. The number of benzene rings is 2. The van der Waals surface area contributed by atoms with Crippen LogP contribution in [0.3, 0.4) is 0 Å². The molecule has 0 spiro atoms. The molecule has 2 heterocycles. The van der Waals surface area contributed by atoms with Crippen LogP contribution in [-0.4, -0.2) is 29.3 Å². The van der Waals surface area contributed by atoms with E-state index in [9.17, 15) is 14.4 Å². The summed E-state index contributed by atoms with van der Waals surface area (Å²) >= 11 is 7.22. The molecule has 2 aromatic carbocycles. The molecule has 2 aliphatic heterocycles. The fourth-order valence-corrected chi connectivity index (χ4v) is 5.11. The molecule has 2 aromatic rings. The standard InChI is InChI=1S/C20H17ClN2O4S/c1-12-10-13(21)6-7-14(12)22-17(24)11-27-19(26)20-9-8-18(25)23(20)15-4-2-3-5-16(15)28-20/h2-7,10H,8-9,11H2,1H3,(H,22,24)/t20-/m0/s1. The summed E-state index contributed by atoms with van der Waals surface area (Å²) in [6, 6.07) is 12.5. The van der Waals surface area contributed by atoms with Crippen molar-refractivity contribution in [1.82, 2.24) is 0 Å². The van der Waals surface area contributed by atoms with Crippen LogP contribution in [0.2, 0.25) is 5.02 Å². The molecule has 2 aliphatic rings. The zero-order valence-corrected chi connectivity index (χ0v) is 16.6. The number of rotatable bonds is 4. The maximum Gasteiger partial charge on any atom is 0.344 e. The number of hydrogen-bond donors (Lipinski definition) is 1. The van der Waals surface area contributed by atoms with Crippen LogP contribution in [0.4, 0.5) is 11.4 Å². The Morgan fingerprint density at radius 1 is 1.29 bits per heavy atom. The van der Waals surface area contributed by atoms with Crippen LogP contribution in [0.15, 0.2) is 47.4 Å². The van der Waals surface area contributed by atoms with Crippen LogP contribution in [0.1, 0.15) is 18.4 Å². The highest BCUT2D eigenvalue weighted by atomic mass is 35.5. The third-order valence-electron chi connectivity index (χ3n) is 4.79. The lowest BCUT2D eigenvalue weighted by molar-refractivity contribution is -0.149. The van der Waals surface area contributed by atoms with Gasteiger partial charge in [-0.25, -0.2) is 4.79 Å². The van der Waals surface area contributed by atoms with E-state index in [2.05, 4.69) is 5.32 Å². The fourth-order valence-electron chi connectivity index (χ4n) is 3.47. The smallest absolute Gasteiger partial charge is 0.344 e. The first-order valence-electron chi connectivity index (χ1n) is 8.75. The summed E-state index contributed by atoms with van der Waals surface area (Å²) in [5.74, 6) is -1.15. The van der Waals surface area contributed by atoms with Crippen molar-refractivity contribution in [3.8, 4) is 0 Å². The second-order valence-corrected chi connectivity index (χ2v) is 8.42. The van der Waals surface area contributed by atoms with Gasteiger partial charge in [0.25, 0.3) is 5.91 Å². The van der Waals surface area contributed by atoms with Crippen LogP contribution < -0.4 is 10.2 Å². The molecule has 2 amide bonds. The molecule has 0 saturated carbocycles. The second-order valence-electron chi connectivity index (χ2n) is 6.67. The Morgan fingerprint density at radius 2 is 2.07 bits per heavy atom. The highest BCUT2D eigenvalue weighted by Gasteiger charge is 2.58. The minimum Gasteiger partial charge on any atom is -0.453 e. The molecule has 0 aliphatic carbocycles. The number of anilines is 2. The van der Waals surface area contributed by atoms with Gasteiger partial charge in [0.2, 0.25) is 5.91 Å². The van der Waals surface area contributed by atoms with Crippen LogP contribution >= 0.6 is 23.4 Å². The van der Waals surface area contributed by atoms with E-state index in [0.717, 1.165) is 10.5 Å². The van der Waals surface area contributed by atoms with Gasteiger partial charge >= 0.3 is 5.97 Å². The van der Waals surface area contributed by atoms with E-state index in [1.807, 2.05) is 31.2 Å². The molecule has 4 rings (SSSR count). The van der Waals surface area contributed by atoms with Crippen LogP contribution in [0.25, 0.3) is 0 Å². The molecule has 0 bridgehead atoms. The number of hydrogen-bond acceptors (Lipinski definition) is 5. The van der Waals surface area contributed by atoms with Gasteiger partial charge in [0.1, 0.15) is 0 Å². The lowest BCUT2D eigenvalue weighted by Crippen LogP contribution is -2.48. The minimum absolute atomic E-state index is 0.115. The average molecular weight is 417 g/mol. The Balaban J connectivity index is 1.45. The van der Waals surface area contributed by atoms with E-state index in [1.54, 1.807) is 18.2 Å². The van der Waals surface area contributed by atoms with Gasteiger partial charge in [-0.2, -0.15) is 0 Å². The Morgan fingerprint density at radius 3 is 2.86 bits per heavy atom. The summed E-state index contributed by atoms with van der Waals surface area (Å²) in [6.07, 6.45) is 0.620. The molecule has 6 nitrogen and oxygen atoms in total. The molecule has 28 heavy (non-hydrogen) atoms. The zero-order chi connectivity index (χ0) is 19.9. The Hall–Kier alpha value is -2.51. The van der Waals surface area contributed by atoms with Crippen molar-refractivity contribution in [2.45, 2.75) is 29.5 Å².